The van der Waals surface area contributed by atoms with Crippen molar-refractivity contribution in [1.29, 1.82) is 0 Å². The molecule has 0 fully saturated rings. The fourth-order valence-corrected chi connectivity index (χ4v) is 3.93. The first-order chi connectivity index (χ1) is 15.4. The summed E-state index contributed by atoms with van der Waals surface area (Å²) in [4.78, 5) is 17.9. The van der Waals surface area contributed by atoms with Gasteiger partial charge in [-0.2, -0.15) is 0 Å². The third-order valence-electron chi connectivity index (χ3n) is 5.48. The quantitative estimate of drug-likeness (QED) is 0.388. The number of H-pyrrole nitrogens is 1. The predicted octanol–water partition coefficient (Wildman–Crippen LogP) is 5.68. The fraction of sp³-hybridized carbons (Fsp3) is 0.154. The third kappa shape index (κ3) is 4.86. The van der Waals surface area contributed by atoms with Gasteiger partial charge in [-0.15, -0.1) is 0 Å². The van der Waals surface area contributed by atoms with E-state index in [1.54, 1.807) is 12.1 Å². The van der Waals surface area contributed by atoms with Crippen molar-refractivity contribution in [2.24, 2.45) is 0 Å². The highest BCUT2D eigenvalue weighted by atomic mass is 32.1. The molecule has 4 nitrogen and oxygen atoms in total. The maximum Gasteiger partial charge on any atom is 0.253 e. The molecule has 0 bridgehead atoms. The monoisotopic (exact) mass is 445 g/mol. The lowest BCUT2D eigenvalue weighted by Crippen LogP contribution is -2.35. The van der Waals surface area contributed by atoms with Crippen LogP contribution in [0, 0.1) is 19.7 Å². The lowest BCUT2D eigenvalue weighted by Gasteiger charge is -2.26. The van der Waals surface area contributed by atoms with E-state index in [9.17, 15) is 9.18 Å². The normalized spacial score (nSPS) is 10.8. The molecule has 1 heterocycles. The Morgan fingerprint density at radius 1 is 0.969 bits per heavy atom. The highest BCUT2D eigenvalue weighted by Gasteiger charge is 2.15. The molecule has 0 atom stereocenters. The number of benzene rings is 3. The molecule has 4 aromatic rings. The average Bonchev–Trinajstić information content (AvgIpc) is 2.79. The zero-order valence-corrected chi connectivity index (χ0v) is 18.8. The van der Waals surface area contributed by atoms with Gasteiger partial charge in [-0.3, -0.25) is 4.79 Å². The number of aromatic amines is 1. The molecule has 3 aromatic carbocycles. The van der Waals surface area contributed by atoms with E-state index < -0.39 is 0 Å². The highest BCUT2D eigenvalue weighted by Crippen LogP contribution is 2.21. The van der Waals surface area contributed by atoms with Gasteiger partial charge in [0.05, 0.1) is 12.1 Å². The van der Waals surface area contributed by atoms with E-state index in [1.165, 1.54) is 12.1 Å². The Bertz CT molecular complexity index is 1320. The number of rotatable bonds is 5. The van der Waals surface area contributed by atoms with Crippen molar-refractivity contribution in [1.82, 2.24) is 9.88 Å². The first-order valence-electron chi connectivity index (χ1n) is 10.4. The van der Waals surface area contributed by atoms with E-state index >= 15 is 0 Å². The zero-order chi connectivity index (χ0) is 22.7. The van der Waals surface area contributed by atoms with E-state index in [0.717, 1.165) is 27.6 Å². The van der Waals surface area contributed by atoms with Gasteiger partial charge < -0.3 is 15.2 Å². The van der Waals surface area contributed by atoms with Crippen molar-refractivity contribution in [3.05, 3.63) is 111 Å². The van der Waals surface area contributed by atoms with Crippen LogP contribution in [0.25, 0.3) is 10.9 Å². The van der Waals surface area contributed by atoms with Crippen LogP contribution in [0.2, 0.25) is 0 Å². The Hall–Kier alpha value is -3.51. The van der Waals surface area contributed by atoms with Crippen molar-refractivity contribution in [2.75, 3.05) is 5.32 Å². The Labute approximate surface area is 191 Å². The smallest absolute Gasteiger partial charge is 0.253 e. The molecule has 0 amide bonds. The highest BCUT2D eigenvalue weighted by molar-refractivity contribution is 7.80. The van der Waals surface area contributed by atoms with Crippen LogP contribution in [0.1, 0.15) is 22.3 Å². The minimum atomic E-state index is -0.309. The zero-order valence-electron chi connectivity index (χ0n) is 18.0. The van der Waals surface area contributed by atoms with Crippen LogP contribution in [-0.2, 0) is 13.1 Å². The summed E-state index contributed by atoms with van der Waals surface area (Å²) in [5.74, 6) is -0.309. The number of anilines is 1. The summed E-state index contributed by atoms with van der Waals surface area (Å²) in [6.45, 7) is 4.88. The Morgan fingerprint density at radius 2 is 1.66 bits per heavy atom. The van der Waals surface area contributed by atoms with Gasteiger partial charge in [-0.05, 0) is 73.1 Å². The van der Waals surface area contributed by atoms with E-state index in [0.29, 0.717) is 29.5 Å². The van der Waals surface area contributed by atoms with Crippen LogP contribution < -0.4 is 10.9 Å². The molecule has 32 heavy (non-hydrogen) atoms. The van der Waals surface area contributed by atoms with E-state index in [2.05, 4.69) is 16.4 Å². The average molecular weight is 446 g/mol. The number of nitrogens with one attached hydrogen (secondary N) is 2. The molecule has 4 rings (SSSR count). The van der Waals surface area contributed by atoms with Crippen molar-refractivity contribution < 1.29 is 4.39 Å². The molecule has 0 spiro atoms. The number of halogens is 1. The molecule has 2 N–H and O–H groups in total. The van der Waals surface area contributed by atoms with Crippen molar-refractivity contribution in [2.45, 2.75) is 26.9 Å². The number of thiocarbonyl (C=S) groups is 1. The largest absolute Gasteiger partial charge is 0.340 e. The van der Waals surface area contributed by atoms with Crippen molar-refractivity contribution >= 4 is 33.9 Å². The summed E-state index contributed by atoms with van der Waals surface area (Å²) in [5.41, 5.74) is 5.25. The molecule has 0 saturated heterocycles. The molecule has 0 radical (unpaired) electrons. The molecular weight excluding hydrogens is 421 g/mol. The number of nitrogens with zero attached hydrogens (tertiary/aromatic N) is 1. The summed E-state index contributed by atoms with van der Waals surface area (Å²) < 4.78 is 13.3. The van der Waals surface area contributed by atoms with Crippen LogP contribution in [-0.4, -0.2) is 15.0 Å². The fourth-order valence-electron chi connectivity index (χ4n) is 3.68. The van der Waals surface area contributed by atoms with Gasteiger partial charge in [-0.25, -0.2) is 4.39 Å². The number of aryl methyl sites for hydroxylation is 2. The van der Waals surface area contributed by atoms with Gasteiger partial charge in [0.2, 0.25) is 0 Å². The van der Waals surface area contributed by atoms with Crippen molar-refractivity contribution in [3.63, 3.8) is 0 Å². The molecule has 1 aromatic heterocycles. The first-order valence-corrected chi connectivity index (χ1v) is 10.8. The number of pyridine rings is 1. The Kier molecular flexibility index (Phi) is 6.32. The van der Waals surface area contributed by atoms with Crippen LogP contribution >= 0.6 is 12.2 Å². The number of aromatic nitrogens is 1. The molecule has 0 aliphatic heterocycles. The molecule has 0 saturated carbocycles. The van der Waals surface area contributed by atoms with E-state index in [1.807, 2.05) is 61.2 Å². The lowest BCUT2D eigenvalue weighted by atomic mass is 10.0. The molecule has 0 aliphatic rings. The minimum Gasteiger partial charge on any atom is -0.340 e. The van der Waals surface area contributed by atoms with Gasteiger partial charge in [0.25, 0.3) is 5.56 Å². The SMILES string of the molecule is Cc1ccc(C)c2[nH]c(=O)c(CN(Cc3ccccc3)C(=S)Nc3ccc(F)cc3)cc12. The molecule has 162 valence electrons. The first kappa shape index (κ1) is 21.7. The second-order valence-corrected chi connectivity index (χ2v) is 8.28. The van der Waals surface area contributed by atoms with Crippen LogP contribution in [0.15, 0.2) is 77.6 Å². The molecule has 0 unspecified atom stereocenters. The maximum absolute atomic E-state index is 13.3. The topological polar surface area (TPSA) is 48.1 Å². The summed E-state index contributed by atoms with van der Waals surface area (Å²) in [6, 6.07) is 22.0. The maximum atomic E-state index is 13.3. The molecule has 0 aliphatic carbocycles. The van der Waals surface area contributed by atoms with Gasteiger partial charge >= 0.3 is 0 Å². The van der Waals surface area contributed by atoms with Crippen LogP contribution in [0.4, 0.5) is 10.1 Å². The second kappa shape index (κ2) is 9.32. The standard InChI is InChI=1S/C26H24FN3OS/c1-17-8-9-18(2)24-23(17)14-20(25(31)29-24)16-30(15-19-6-4-3-5-7-19)26(32)28-22-12-10-21(27)11-13-22/h3-14H,15-16H2,1-2H3,(H,28,32)(H,29,31). The number of hydrogen-bond acceptors (Lipinski definition) is 2. The van der Waals surface area contributed by atoms with E-state index in [-0.39, 0.29) is 11.4 Å². The van der Waals surface area contributed by atoms with Crippen molar-refractivity contribution in [3.8, 4) is 0 Å². The van der Waals surface area contributed by atoms with Gasteiger partial charge in [-0.1, -0.05) is 42.5 Å². The Morgan fingerprint density at radius 3 is 2.38 bits per heavy atom. The minimum absolute atomic E-state index is 0.131. The predicted molar refractivity (Wildman–Crippen MR) is 132 cm³/mol. The number of fused-ring (bicyclic) bond motifs is 1. The lowest BCUT2D eigenvalue weighted by molar-refractivity contribution is 0.411. The summed E-state index contributed by atoms with van der Waals surface area (Å²) >= 11 is 5.68. The van der Waals surface area contributed by atoms with Gasteiger partial charge in [0.1, 0.15) is 5.82 Å². The summed E-state index contributed by atoms with van der Waals surface area (Å²) in [7, 11) is 0. The summed E-state index contributed by atoms with van der Waals surface area (Å²) in [5, 5.41) is 4.65. The van der Waals surface area contributed by atoms with Crippen LogP contribution in [0.3, 0.4) is 0 Å². The van der Waals surface area contributed by atoms with Crippen LogP contribution in [0.5, 0.6) is 0 Å². The van der Waals surface area contributed by atoms with E-state index in [4.69, 9.17) is 12.2 Å². The third-order valence-corrected chi connectivity index (χ3v) is 5.84. The van der Waals surface area contributed by atoms with Gasteiger partial charge in [0, 0.05) is 23.2 Å². The molecule has 6 heteroatoms. The number of hydrogen-bond donors (Lipinski definition) is 2. The molecular formula is C26H24FN3OS. The Balaban J connectivity index is 1.67. The van der Waals surface area contributed by atoms with Gasteiger partial charge in [0.15, 0.2) is 5.11 Å². The second-order valence-electron chi connectivity index (χ2n) is 7.89. The summed E-state index contributed by atoms with van der Waals surface area (Å²) in [6.07, 6.45) is 0.